The van der Waals surface area contributed by atoms with Crippen LogP contribution in [0.4, 0.5) is 0 Å². The maximum Gasteiger partial charge on any atom is 0.249 e. The zero-order valence-electron chi connectivity index (χ0n) is 22.9. The molecule has 39 heavy (non-hydrogen) atoms. The number of aliphatic hydroxyl groups excluding tert-OH is 1. The summed E-state index contributed by atoms with van der Waals surface area (Å²) in [6.45, 7) is 4.66. The van der Waals surface area contributed by atoms with Crippen LogP contribution < -0.4 is 0 Å². The fraction of sp³-hybridized carbons (Fsp3) is 0.581. The van der Waals surface area contributed by atoms with E-state index in [9.17, 15) is 19.5 Å². The molecule has 8 nitrogen and oxygen atoms in total. The van der Waals surface area contributed by atoms with E-state index in [1.54, 1.807) is 11.8 Å². The van der Waals surface area contributed by atoms with E-state index in [4.69, 9.17) is 4.74 Å². The Kier molecular flexibility index (Phi) is 6.66. The molecule has 6 rings (SSSR count). The molecule has 0 aromatic heterocycles. The van der Waals surface area contributed by atoms with Crippen LogP contribution in [0.1, 0.15) is 51.5 Å². The molecule has 1 aromatic carbocycles. The van der Waals surface area contributed by atoms with E-state index in [1.165, 1.54) is 11.3 Å². The number of hydrogen-bond donors (Lipinski definition) is 1. The largest absolute Gasteiger partial charge is 0.394 e. The predicted octanol–water partition coefficient (Wildman–Crippen LogP) is 2.67. The Labute approximate surface area is 230 Å². The molecular formula is C31H39N3O5. The van der Waals surface area contributed by atoms with Crippen LogP contribution >= 0.6 is 0 Å². The lowest BCUT2D eigenvalue weighted by molar-refractivity contribution is -0.157. The third-order valence-electron chi connectivity index (χ3n) is 9.58. The molecule has 3 fully saturated rings. The Morgan fingerprint density at radius 3 is 2.38 bits per heavy atom. The molecule has 4 aliphatic heterocycles. The molecule has 1 aliphatic carbocycles. The molecule has 4 heterocycles. The number of benzene rings is 1. The highest BCUT2D eigenvalue weighted by atomic mass is 16.5. The van der Waals surface area contributed by atoms with Gasteiger partial charge in [0, 0.05) is 25.7 Å². The third kappa shape index (κ3) is 4.06. The van der Waals surface area contributed by atoms with Gasteiger partial charge in [-0.15, -0.1) is 0 Å². The zero-order valence-corrected chi connectivity index (χ0v) is 22.9. The van der Waals surface area contributed by atoms with Crippen molar-refractivity contribution in [2.45, 2.75) is 81.8 Å². The van der Waals surface area contributed by atoms with E-state index in [-0.39, 0.29) is 30.4 Å². The quantitative estimate of drug-likeness (QED) is 0.588. The summed E-state index contributed by atoms with van der Waals surface area (Å²) >= 11 is 0. The van der Waals surface area contributed by atoms with Gasteiger partial charge in [0.2, 0.25) is 17.7 Å². The highest BCUT2D eigenvalue weighted by molar-refractivity contribution is 6.00. The second-order valence-corrected chi connectivity index (χ2v) is 12.1. The molecule has 1 unspecified atom stereocenters. The van der Waals surface area contributed by atoms with Crippen molar-refractivity contribution >= 4 is 17.7 Å². The van der Waals surface area contributed by atoms with Gasteiger partial charge in [0.15, 0.2) is 0 Å². The third-order valence-corrected chi connectivity index (χ3v) is 9.58. The van der Waals surface area contributed by atoms with Crippen molar-refractivity contribution in [1.29, 1.82) is 0 Å². The second kappa shape index (κ2) is 9.89. The first-order chi connectivity index (χ1) is 18.8. The van der Waals surface area contributed by atoms with Gasteiger partial charge in [-0.05, 0) is 32.3 Å². The van der Waals surface area contributed by atoms with Crippen LogP contribution in [0.2, 0.25) is 0 Å². The van der Waals surface area contributed by atoms with Crippen molar-refractivity contribution in [3.63, 3.8) is 0 Å². The Balaban J connectivity index is 1.42. The Morgan fingerprint density at radius 2 is 1.67 bits per heavy atom. The molecule has 208 valence electrons. The van der Waals surface area contributed by atoms with Gasteiger partial charge in [-0.2, -0.15) is 0 Å². The van der Waals surface area contributed by atoms with Crippen molar-refractivity contribution in [2.24, 2.45) is 11.8 Å². The van der Waals surface area contributed by atoms with Gasteiger partial charge in [-0.3, -0.25) is 14.4 Å². The van der Waals surface area contributed by atoms with Gasteiger partial charge in [-0.1, -0.05) is 73.9 Å². The van der Waals surface area contributed by atoms with Crippen LogP contribution in [0, 0.1) is 11.8 Å². The number of nitrogens with zero attached hydrogens (tertiary/aromatic N) is 3. The molecule has 5 aliphatic rings. The maximum absolute atomic E-state index is 14.4. The lowest BCUT2D eigenvalue weighted by Gasteiger charge is -2.41. The average Bonchev–Trinajstić information content (AvgIpc) is 3.23. The number of aliphatic hydroxyl groups is 1. The fourth-order valence-electron chi connectivity index (χ4n) is 7.76. The number of carbonyl (C=O) groups excluding carboxylic acids is 3. The minimum absolute atomic E-state index is 0.122. The van der Waals surface area contributed by atoms with E-state index in [0.29, 0.717) is 19.6 Å². The molecule has 1 aromatic rings. The summed E-state index contributed by atoms with van der Waals surface area (Å²) < 4.78 is 6.89. The van der Waals surface area contributed by atoms with Crippen molar-refractivity contribution in [2.75, 3.05) is 19.7 Å². The Morgan fingerprint density at radius 1 is 0.949 bits per heavy atom. The van der Waals surface area contributed by atoms with E-state index in [0.717, 1.165) is 31.2 Å². The molecule has 0 radical (unpaired) electrons. The summed E-state index contributed by atoms with van der Waals surface area (Å²) in [6, 6.07) is 8.43. The topological polar surface area (TPSA) is 90.4 Å². The van der Waals surface area contributed by atoms with E-state index >= 15 is 0 Å². The smallest absolute Gasteiger partial charge is 0.249 e. The highest BCUT2D eigenvalue weighted by Gasteiger charge is 2.75. The minimum Gasteiger partial charge on any atom is -0.394 e. The molecular weight excluding hydrogens is 494 g/mol. The number of amides is 3. The average molecular weight is 534 g/mol. The molecule has 1 saturated carbocycles. The number of ether oxygens (including phenoxy) is 1. The van der Waals surface area contributed by atoms with E-state index < -0.39 is 35.1 Å². The summed E-state index contributed by atoms with van der Waals surface area (Å²) in [7, 11) is 0. The van der Waals surface area contributed by atoms with Gasteiger partial charge in [-0.25, -0.2) is 0 Å². The molecule has 0 bridgehead atoms. The van der Waals surface area contributed by atoms with Gasteiger partial charge in [0.25, 0.3) is 0 Å². The summed E-state index contributed by atoms with van der Waals surface area (Å²) in [6.07, 6.45) is 13.0. The normalized spacial score (nSPS) is 35.5. The Bertz CT molecular complexity index is 1190. The molecule has 3 amide bonds. The maximum atomic E-state index is 14.4. The first-order valence-corrected chi connectivity index (χ1v) is 14.4. The number of fused-ring (bicyclic) bond motifs is 2. The summed E-state index contributed by atoms with van der Waals surface area (Å²) in [5, 5.41) is 10.2. The van der Waals surface area contributed by atoms with E-state index in [2.05, 4.69) is 0 Å². The molecule has 2 saturated heterocycles. The van der Waals surface area contributed by atoms with Gasteiger partial charge in [0.05, 0.1) is 30.1 Å². The summed E-state index contributed by atoms with van der Waals surface area (Å²) in [5.41, 5.74) is -1.31. The van der Waals surface area contributed by atoms with Crippen LogP contribution in [-0.4, -0.2) is 86.6 Å². The van der Waals surface area contributed by atoms with Crippen LogP contribution in [-0.2, 0) is 25.7 Å². The fourth-order valence-corrected chi connectivity index (χ4v) is 7.76. The minimum atomic E-state index is -1.28. The lowest BCUT2D eigenvalue weighted by atomic mass is 9.74. The number of likely N-dealkylation sites (tertiary alicyclic amines) is 1. The standard InChI is InChI=1S/C31H39N3O5/c1-21(20-35)34-26-29(38)33(23-13-7-4-8-14-23)18-10-16-31(26)25(28(34)37)24-27(36)32(17-9-15-30(24,2)39-31)19-22-11-5-3-6-12-22/h3,5-6,9-12,15-16,21,23-26,35H,4,7-8,13-14,17-20H2,1-2H3/t21-,24+,25+,26?,30-,31+/m1/s1. The zero-order chi connectivity index (χ0) is 27.4. The Hall–Kier alpha value is -2.97. The van der Waals surface area contributed by atoms with Crippen LogP contribution in [0.15, 0.2) is 54.6 Å². The monoisotopic (exact) mass is 533 g/mol. The summed E-state index contributed by atoms with van der Waals surface area (Å²) in [4.78, 5) is 48.3. The SMILES string of the molecule is C[C@H](CO)N1C(=O)[C@@H]2[C@H]3C(=O)N(Cc4ccccc4)CC=C[C@@]3(C)O[C@@]23C=CCN(C2CCCCC2)C(=O)C13. The molecule has 1 N–H and O–H groups in total. The number of hydrogen-bond acceptors (Lipinski definition) is 5. The van der Waals surface area contributed by atoms with Crippen LogP contribution in [0.3, 0.4) is 0 Å². The van der Waals surface area contributed by atoms with E-state index in [1.807, 2.05) is 66.5 Å². The number of rotatable bonds is 5. The second-order valence-electron chi connectivity index (χ2n) is 12.1. The first-order valence-electron chi connectivity index (χ1n) is 14.4. The summed E-state index contributed by atoms with van der Waals surface area (Å²) in [5.74, 6) is -2.22. The molecule has 6 atom stereocenters. The van der Waals surface area contributed by atoms with Crippen molar-refractivity contribution in [3.8, 4) is 0 Å². The lowest BCUT2D eigenvalue weighted by Crippen LogP contribution is -2.59. The van der Waals surface area contributed by atoms with Crippen molar-refractivity contribution in [1.82, 2.24) is 14.7 Å². The van der Waals surface area contributed by atoms with Crippen LogP contribution in [0.25, 0.3) is 0 Å². The first kappa shape index (κ1) is 26.3. The highest BCUT2D eigenvalue weighted by Crippen LogP contribution is 2.58. The van der Waals surface area contributed by atoms with Crippen LogP contribution in [0.5, 0.6) is 0 Å². The van der Waals surface area contributed by atoms with Crippen molar-refractivity contribution < 1.29 is 24.2 Å². The van der Waals surface area contributed by atoms with Gasteiger partial charge in [0.1, 0.15) is 11.6 Å². The molecule has 8 heteroatoms. The predicted molar refractivity (Wildman–Crippen MR) is 145 cm³/mol. The van der Waals surface area contributed by atoms with Gasteiger partial charge < -0.3 is 24.5 Å². The van der Waals surface area contributed by atoms with Gasteiger partial charge >= 0.3 is 0 Å². The molecule has 1 spiro atoms. The van der Waals surface area contributed by atoms with Crippen molar-refractivity contribution in [3.05, 3.63) is 60.2 Å². The number of carbonyl (C=O) groups is 3.